The molecule has 6 heteroatoms. The predicted molar refractivity (Wildman–Crippen MR) is 76.1 cm³/mol. The van der Waals surface area contributed by atoms with E-state index in [0.717, 1.165) is 0 Å². The van der Waals surface area contributed by atoms with Crippen LogP contribution in [-0.4, -0.2) is 25.1 Å². The standard InChI is InChI=1S/C14H15N3O3/c1-19-9-5-6-11(15)12(8-9)17-13(18)10-4-3-7-16-14(10)20-2/h3-8H,15H2,1-2H3,(H,17,18). The van der Waals surface area contributed by atoms with E-state index < -0.39 is 0 Å². The molecule has 1 amide bonds. The van der Waals surface area contributed by atoms with Gasteiger partial charge in [0.1, 0.15) is 11.3 Å². The number of pyridine rings is 1. The van der Waals surface area contributed by atoms with Crippen molar-refractivity contribution in [3.05, 3.63) is 42.1 Å². The predicted octanol–water partition coefficient (Wildman–Crippen LogP) is 1.93. The lowest BCUT2D eigenvalue weighted by Gasteiger charge is -2.11. The molecule has 20 heavy (non-hydrogen) atoms. The summed E-state index contributed by atoms with van der Waals surface area (Å²) in [5.74, 6) is 0.508. The summed E-state index contributed by atoms with van der Waals surface area (Å²) in [6.45, 7) is 0. The second-order valence-electron chi connectivity index (χ2n) is 3.97. The van der Waals surface area contributed by atoms with E-state index in [4.69, 9.17) is 15.2 Å². The highest BCUT2D eigenvalue weighted by Gasteiger charge is 2.14. The van der Waals surface area contributed by atoms with Gasteiger partial charge in [0.15, 0.2) is 0 Å². The first-order valence-electron chi connectivity index (χ1n) is 5.89. The molecule has 2 rings (SSSR count). The van der Waals surface area contributed by atoms with Crippen LogP contribution in [0.4, 0.5) is 11.4 Å². The summed E-state index contributed by atoms with van der Waals surface area (Å²) in [7, 11) is 3.00. The first kappa shape index (κ1) is 13.7. The third-order valence-electron chi connectivity index (χ3n) is 2.72. The van der Waals surface area contributed by atoms with Crippen LogP contribution in [0.25, 0.3) is 0 Å². The fourth-order valence-electron chi connectivity index (χ4n) is 1.69. The van der Waals surface area contributed by atoms with E-state index in [0.29, 0.717) is 22.7 Å². The summed E-state index contributed by atoms with van der Waals surface area (Å²) >= 11 is 0. The summed E-state index contributed by atoms with van der Waals surface area (Å²) in [4.78, 5) is 16.2. The maximum atomic E-state index is 12.2. The van der Waals surface area contributed by atoms with E-state index in [1.54, 1.807) is 43.6 Å². The molecule has 0 fully saturated rings. The quantitative estimate of drug-likeness (QED) is 0.831. The van der Waals surface area contributed by atoms with Gasteiger partial charge in [-0.1, -0.05) is 0 Å². The number of amides is 1. The van der Waals surface area contributed by atoms with Crippen LogP contribution in [0, 0.1) is 0 Å². The van der Waals surface area contributed by atoms with E-state index in [1.807, 2.05) is 0 Å². The number of hydrogen-bond donors (Lipinski definition) is 2. The molecule has 0 bridgehead atoms. The molecule has 0 spiro atoms. The van der Waals surface area contributed by atoms with E-state index in [2.05, 4.69) is 10.3 Å². The van der Waals surface area contributed by atoms with Crippen molar-refractivity contribution < 1.29 is 14.3 Å². The zero-order valence-electron chi connectivity index (χ0n) is 11.2. The van der Waals surface area contributed by atoms with E-state index in [1.165, 1.54) is 7.11 Å². The SMILES string of the molecule is COc1ccc(N)c(NC(=O)c2cccnc2OC)c1. The van der Waals surface area contributed by atoms with Crippen LogP contribution in [0.3, 0.4) is 0 Å². The second-order valence-corrected chi connectivity index (χ2v) is 3.97. The van der Waals surface area contributed by atoms with Crippen molar-refractivity contribution in [1.29, 1.82) is 0 Å². The summed E-state index contributed by atoms with van der Waals surface area (Å²) in [6.07, 6.45) is 1.55. The lowest BCUT2D eigenvalue weighted by atomic mass is 10.2. The molecule has 0 unspecified atom stereocenters. The highest BCUT2D eigenvalue weighted by Crippen LogP contribution is 2.25. The van der Waals surface area contributed by atoms with Crippen LogP contribution < -0.4 is 20.5 Å². The van der Waals surface area contributed by atoms with Crippen LogP contribution in [-0.2, 0) is 0 Å². The molecule has 104 valence electrons. The molecule has 1 heterocycles. The van der Waals surface area contributed by atoms with E-state index in [-0.39, 0.29) is 11.8 Å². The lowest BCUT2D eigenvalue weighted by molar-refractivity contribution is 0.102. The number of carbonyl (C=O) groups excluding carboxylic acids is 1. The average molecular weight is 273 g/mol. The molecule has 0 aliphatic rings. The van der Waals surface area contributed by atoms with Gasteiger partial charge in [-0.2, -0.15) is 0 Å². The molecule has 1 aromatic carbocycles. The summed E-state index contributed by atoms with van der Waals surface area (Å²) < 4.78 is 10.1. The zero-order chi connectivity index (χ0) is 14.5. The number of nitrogens with two attached hydrogens (primary N) is 1. The molecule has 0 saturated heterocycles. The first-order valence-corrected chi connectivity index (χ1v) is 5.89. The zero-order valence-corrected chi connectivity index (χ0v) is 11.2. The van der Waals surface area contributed by atoms with Gasteiger partial charge in [0.2, 0.25) is 5.88 Å². The molecule has 0 saturated carbocycles. The minimum Gasteiger partial charge on any atom is -0.497 e. The smallest absolute Gasteiger partial charge is 0.261 e. The van der Waals surface area contributed by atoms with Gasteiger partial charge in [0.25, 0.3) is 5.91 Å². The molecular formula is C14H15N3O3. The number of benzene rings is 1. The van der Waals surface area contributed by atoms with Gasteiger partial charge in [0, 0.05) is 12.3 Å². The fraction of sp³-hybridized carbons (Fsp3) is 0.143. The maximum Gasteiger partial charge on any atom is 0.261 e. The van der Waals surface area contributed by atoms with Crippen LogP contribution in [0.1, 0.15) is 10.4 Å². The number of aromatic nitrogens is 1. The van der Waals surface area contributed by atoms with Crippen molar-refractivity contribution in [3.8, 4) is 11.6 Å². The molecule has 1 aromatic heterocycles. The van der Waals surface area contributed by atoms with E-state index >= 15 is 0 Å². The van der Waals surface area contributed by atoms with Crippen molar-refractivity contribution in [2.45, 2.75) is 0 Å². The summed E-state index contributed by atoms with van der Waals surface area (Å²) in [5.41, 5.74) is 7.07. The molecule has 0 atom stereocenters. The summed E-state index contributed by atoms with van der Waals surface area (Å²) in [6, 6.07) is 8.31. The minimum absolute atomic E-state index is 0.256. The van der Waals surface area contributed by atoms with Crippen molar-refractivity contribution in [2.75, 3.05) is 25.3 Å². The van der Waals surface area contributed by atoms with Gasteiger partial charge >= 0.3 is 0 Å². The molecule has 0 aliphatic heterocycles. The topological polar surface area (TPSA) is 86.5 Å². The Hall–Kier alpha value is -2.76. The van der Waals surface area contributed by atoms with Crippen molar-refractivity contribution >= 4 is 17.3 Å². The van der Waals surface area contributed by atoms with Crippen LogP contribution >= 0.6 is 0 Å². The number of anilines is 2. The largest absolute Gasteiger partial charge is 0.497 e. The van der Waals surface area contributed by atoms with Gasteiger partial charge in [-0.3, -0.25) is 4.79 Å². The Balaban J connectivity index is 2.27. The Morgan fingerprint density at radius 3 is 2.75 bits per heavy atom. The van der Waals surface area contributed by atoms with Crippen LogP contribution in [0.2, 0.25) is 0 Å². The number of carbonyl (C=O) groups is 1. The second kappa shape index (κ2) is 5.92. The number of methoxy groups -OCH3 is 2. The van der Waals surface area contributed by atoms with Gasteiger partial charge < -0.3 is 20.5 Å². The number of nitrogen functional groups attached to an aromatic ring is 1. The molecule has 6 nitrogen and oxygen atoms in total. The number of nitrogens with zero attached hydrogens (tertiary/aromatic N) is 1. The average Bonchev–Trinajstić information content (AvgIpc) is 2.49. The van der Waals surface area contributed by atoms with Crippen molar-refractivity contribution in [1.82, 2.24) is 4.98 Å². The van der Waals surface area contributed by atoms with Gasteiger partial charge in [-0.25, -0.2) is 4.98 Å². The minimum atomic E-state index is -0.352. The van der Waals surface area contributed by atoms with Gasteiger partial charge in [-0.05, 0) is 24.3 Å². The Morgan fingerprint density at radius 1 is 1.25 bits per heavy atom. The van der Waals surface area contributed by atoms with Crippen molar-refractivity contribution in [2.24, 2.45) is 0 Å². The Kier molecular flexibility index (Phi) is 4.05. The van der Waals surface area contributed by atoms with Crippen LogP contribution in [0.5, 0.6) is 11.6 Å². The Morgan fingerprint density at radius 2 is 2.05 bits per heavy atom. The third-order valence-corrected chi connectivity index (χ3v) is 2.72. The van der Waals surface area contributed by atoms with Crippen molar-refractivity contribution in [3.63, 3.8) is 0 Å². The number of rotatable bonds is 4. The maximum absolute atomic E-state index is 12.2. The third kappa shape index (κ3) is 2.80. The number of ether oxygens (including phenoxy) is 2. The number of hydrogen-bond acceptors (Lipinski definition) is 5. The Bertz CT molecular complexity index is 629. The highest BCUT2D eigenvalue weighted by atomic mass is 16.5. The molecule has 0 aliphatic carbocycles. The monoisotopic (exact) mass is 273 g/mol. The number of nitrogens with one attached hydrogen (secondary N) is 1. The molecule has 3 N–H and O–H groups in total. The van der Waals surface area contributed by atoms with Gasteiger partial charge in [0.05, 0.1) is 25.6 Å². The van der Waals surface area contributed by atoms with Crippen LogP contribution in [0.15, 0.2) is 36.5 Å². The normalized spacial score (nSPS) is 9.90. The first-order chi connectivity index (χ1) is 9.65. The highest BCUT2D eigenvalue weighted by molar-refractivity contribution is 6.07. The summed E-state index contributed by atoms with van der Waals surface area (Å²) in [5, 5.41) is 2.71. The Labute approximate surface area is 116 Å². The molecular weight excluding hydrogens is 258 g/mol. The molecule has 2 aromatic rings. The van der Waals surface area contributed by atoms with Gasteiger partial charge in [-0.15, -0.1) is 0 Å². The fourth-order valence-corrected chi connectivity index (χ4v) is 1.69. The lowest BCUT2D eigenvalue weighted by Crippen LogP contribution is -2.14. The van der Waals surface area contributed by atoms with E-state index in [9.17, 15) is 4.79 Å². The molecule has 0 radical (unpaired) electrons.